The number of hydrogen-bond acceptors (Lipinski definition) is 7. The Bertz CT molecular complexity index is 927. The van der Waals surface area contributed by atoms with Crippen molar-refractivity contribution in [3.63, 3.8) is 0 Å². The number of aromatic nitrogens is 2. The first-order chi connectivity index (χ1) is 13.8. The molecular weight excluding hydrogens is 402 g/mol. The molecule has 13 heteroatoms. The number of hydrogen-bond donors (Lipinski definition) is 5. The van der Waals surface area contributed by atoms with Crippen LogP contribution in [-0.2, 0) is 25.7 Å². The zero-order chi connectivity index (χ0) is 23.1. The van der Waals surface area contributed by atoms with Crippen molar-refractivity contribution in [2.24, 2.45) is 0 Å². The van der Waals surface area contributed by atoms with Crippen LogP contribution in [0, 0.1) is 6.92 Å². The molecule has 0 spiro atoms. The van der Waals surface area contributed by atoms with Crippen molar-refractivity contribution in [1.29, 1.82) is 0 Å². The Kier molecular flexibility index (Phi) is 8.32. The minimum Gasteiger partial charge on any atom is -0.480 e. The fourth-order valence-electron chi connectivity index (χ4n) is 2.07. The molecule has 0 saturated heterocycles. The smallest absolute Gasteiger partial charge is 0.408 e. The molecule has 0 aliphatic rings. The highest BCUT2D eigenvalue weighted by Gasteiger charge is 2.22. The average Bonchev–Trinajstić information content (AvgIpc) is 2.59. The number of carboxylic acid groups (broad SMARTS) is 1. The summed E-state index contributed by atoms with van der Waals surface area (Å²) in [6.07, 6.45) is 0.346. The lowest BCUT2D eigenvalue weighted by Gasteiger charge is -2.20. The first-order valence-corrected chi connectivity index (χ1v) is 8.84. The second-order valence-corrected chi connectivity index (χ2v) is 7.32. The highest BCUT2D eigenvalue weighted by atomic mass is 16.6. The van der Waals surface area contributed by atoms with Crippen LogP contribution in [0.4, 0.5) is 4.79 Å². The van der Waals surface area contributed by atoms with E-state index in [4.69, 9.17) is 4.74 Å². The number of aliphatic carboxylic acids is 1. The maximum Gasteiger partial charge on any atom is 0.408 e. The van der Waals surface area contributed by atoms with Crippen LogP contribution in [0.3, 0.4) is 0 Å². The van der Waals surface area contributed by atoms with Gasteiger partial charge in [-0.3, -0.25) is 23.9 Å². The van der Waals surface area contributed by atoms with Crippen molar-refractivity contribution < 1.29 is 29.0 Å². The van der Waals surface area contributed by atoms with Crippen molar-refractivity contribution >= 4 is 23.9 Å². The van der Waals surface area contributed by atoms with E-state index in [9.17, 15) is 33.9 Å². The second-order valence-electron chi connectivity index (χ2n) is 7.32. The molecule has 0 aromatic carbocycles. The molecule has 1 aromatic heterocycles. The number of carbonyl (C=O) groups is 4. The van der Waals surface area contributed by atoms with Gasteiger partial charge < -0.3 is 25.8 Å². The molecule has 3 amide bonds. The number of alkyl carbamates (subject to hydrolysis) is 1. The van der Waals surface area contributed by atoms with Crippen LogP contribution >= 0.6 is 0 Å². The predicted octanol–water partition coefficient (Wildman–Crippen LogP) is -1.94. The monoisotopic (exact) mass is 427 g/mol. The van der Waals surface area contributed by atoms with Crippen LogP contribution in [0.15, 0.2) is 15.8 Å². The van der Waals surface area contributed by atoms with Gasteiger partial charge in [-0.25, -0.2) is 14.4 Å². The number of carboxylic acids is 1. The van der Waals surface area contributed by atoms with Crippen LogP contribution in [0.25, 0.3) is 0 Å². The Morgan fingerprint density at radius 3 is 2.37 bits per heavy atom. The average molecular weight is 427 g/mol. The molecule has 1 rings (SSSR count). The molecule has 1 heterocycles. The molecule has 0 bridgehead atoms. The predicted molar refractivity (Wildman–Crippen MR) is 103 cm³/mol. The summed E-state index contributed by atoms with van der Waals surface area (Å²) < 4.78 is 5.90. The van der Waals surface area contributed by atoms with E-state index in [1.54, 1.807) is 20.8 Å². The molecule has 30 heavy (non-hydrogen) atoms. The lowest BCUT2D eigenvalue weighted by atomic mass is 10.2. The molecule has 0 radical (unpaired) electrons. The van der Waals surface area contributed by atoms with Crippen LogP contribution < -0.4 is 27.2 Å². The highest BCUT2D eigenvalue weighted by Crippen LogP contribution is 2.06. The molecular formula is C17H25N5O8. The lowest BCUT2D eigenvalue weighted by molar-refractivity contribution is -0.141. The van der Waals surface area contributed by atoms with Gasteiger partial charge in [0.2, 0.25) is 11.8 Å². The number of H-pyrrole nitrogens is 1. The van der Waals surface area contributed by atoms with E-state index in [1.807, 2.05) is 4.98 Å². The third-order valence-corrected chi connectivity index (χ3v) is 3.43. The van der Waals surface area contributed by atoms with Crippen molar-refractivity contribution in [2.45, 2.75) is 45.9 Å². The van der Waals surface area contributed by atoms with Gasteiger partial charge in [0.25, 0.3) is 5.56 Å². The number of aryl methyl sites for hydroxylation is 1. The number of amides is 3. The van der Waals surface area contributed by atoms with Crippen molar-refractivity contribution in [3.8, 4) is 0 Å². The zero-order valence-corrected chi connectivity index (χ0v) is 17.0. The number of nitrogens with one attached hydrogen (secondary N) is 4. The third-order valence-electron chi connectivity index (χ3n) is 3.43. The first kappa shape index (κ1) is 24.4. The first-order valence-electron chi connectivity index (χ1n) is 8.84. The quantitative estimate of drug-likeness (QED) is 0.316. The lowest BCUT2D eigenvalue weighted by Crippen LogP contribution is -2.51. The van der Waals surface area contributed by atoms with E-state index >= 15 is 0 Å². The van der Waals surface area contributed by atoms with Crippen LogP contribution in [0.5, 0.6) is 0 Å². The van der Waals surface area contributed by atoms with E-state index in [0.717, 1.165) is 4.57 Å². The molecule has 13 nitrogen and oxygen atoms in total. The fourth-order valence-corrected chi connectivity index (χ4v) is 2.07. The molecule has 5 N–H and O–H groups in total. The summed E-state index contributed by atoms with van der Waals surface area (Å²) in [6, 6.07) is -1.48. The van der Waals surface area contributed by atoms with Gasteiger partial charge in [-0.15, -0.1) is 0 Å². The molecule has 1 atom stereocenters. The van der Waals surface area contributed by atoms with E-state index in [1.165, 1.54) is 13.1 Å². The summed E-state index contributed by atoms with van der Waals surface area (Å²) in [6.45, 7) is 4.90. The molecule has 0 aliphatic carbocycles. The van der Waals surface area contributed by atoms with Crippen molar-refractivity contribution in [1.82, 2.24) is 25.5 Å². The van der Waals surface area contributed by atoms with Crippen LogP contribution in [0.1, 0.15) is 26.3 Å². The van der Waals surface area contributed by atoms with Crippen molar-refractivity contribution in [3.05, 3.63) is 32.6 Å². The van der Waals surface area contributed by atoms with E-state index in [2.05, 4.69) is 16.0 Å². The molecule has 1 aromatic rings. The third kappa shape index (κ3) is 8.58. The van der Waals surface area contributed by atoms with Crippen LogP contribution in [-0.4, -0.2) is 63.3 Å². The summed E-state index contributed by atoms with van der Waals surface area (Å²) >= 11 is 0. The van der Waals surface area contributed by atoms with Gasteiger partial charge in [0.1, 0.15) is 24.7 Å². The normalized spacial score (nSPS) is 11.9. The zero-order valence-electron chi connectivity index (χ0n) is 17.0. The Morgan fingerprint density at radius 2 is 1.80 bits per heavy atom. The Balaban J connectivity index is 2.57. The Labute approximate surface area is 170 Å². The number of ether oxygens (including phenoxy) is 1. The minimum atomic E-state index is -1.48. The molecule has 0 saturated carbocycles. The van der Waals surface area contributed by atoms with Gasteiger partial charge in [0.15, 0.2) is 0 Å². The van der Waals surface area contributed by atoms with Crippen LogP contribution in [0.2, 0.25) is 0 Å². The number of nitrogens with zero attached hydrogens (tertiary/aromatic N) is 1. The highest BCUT2D eigenvalue weighted by molar-refractivity contribution is 5.87. The van der Waals surface area contributed by atoms with Gasteiger partial charge in [-0.2, -0.15) is 0 Å². The minimum absolute atomic E-state index is 0.218. The van der Waals surface area contributed by atoms with Gasteiger partial charge in [0, 0.05) is 18.3 Å². The topological polar surface area (TPSA) is 189 Å². The maximum absolute atomic E-state index is 12.0. The van der Waals surface area contributed by atoms with E-state index in [-0.39, 0.29) is 5.56 Å². The number of rotatable bonds is 8. The summed E-state index contributed by atoms with van der Waals surface area (Å²) in [5, 5.41) is 15.8. The number of carbonyl (C=O) groups excluding carboxylic acids is 3. The largest absolute Gasteiger partial charge is 0.480 e. The SMILES string of the molecule is Cc1cn(CC(=O)NC[C@H](NC(=O)CNC(=O)OC(C)(C)C)C(=O)O)c(=O)[nH]c1=O. The molecule has 0 aliphatic heterocycles. The standard InChI is InChI=1S/C17H25N5O8/c1-9-7-22(15(28)21-13(9)25)8-12(24)18-5-10(14(26)27)20-11(23)6-19-16(29)30-17(2,3)4/h7,10H,5-6,8H2,1-4H3,(H,18,24)(H,19,29)(H,20,23)(H,26,27)(H,21,25,28)/t10-/m0/s1. The van der Waals surface area contributed by atoms with Gasteiger partial charge >= 0.3 is 17.8 Å². The maximum atomic E-state index is 12.0. The van der Waals surface area contributed by atoms with E-state index in [0.29, 0.717) is 0 Å². The molecule has 0 unspecified atom stereocenters. The van der Waals surface area contributed by atoms with Gasteiger partial charge in [-0.1, -0.05) is 0 Å². The summed E-state index contributed by atoms with van der Waals surface area (Å²) in [5.74, 6) is -2.94. The molecule has 0 fully saturated rings. The van der Waals surface area contributed by atoms with Crippen molar-refractivity contribution in [2.75, 3.05) is 13.1 Å². The summed E-state index contributed by atoms with van der Waals surface area (Å²) in [4.78, 5) is 71.6. The van der Waals surface area contributed by atoms with Gasteiger partial charge in [0.05, 0.1) is 0 Å². The Hall–Kier alpha value is -3.64. The Morgan fingerprint density at radius 1 is 1.17 bits per heavy atom. The van der Waals surface area contributed by atoms with Gasteiger partial charge in [-0.05, 0) is 27.7 Å². The van der Waals surface area contributed by atoms with E-state index < -0.39 is 66.4 Å². The summed E-state index contributed by atoms with van der Waals surface area (Å²) in [5.41, 5.74) is -1.92. The number of aromatic amines is 1. The molecule has 166 valence electrons. The second kappa shape index (κ2) is 10.2. The fraction of sp³-hybridized carbons (Fsp3) is 0.529. The summed E-state index contributed by atoms with van der Waals surface area (Å²) in [7, 11) is 0.